The molecule has 2 aromatic carbocycles. The van der Waals surface area contributed by atoms with Crippen LogP contribution in [-0.4, -0.2) is 28.7 Å². The molecule has 0 aliphatic rings. The molecule has 0 fully saturated rings. The van der Waals surface area contributed by atoms with E-state index in [1.807, 2.05) is 42.3 Å². The number of hydrogen-bond donors (Lipinski definition) is 1. The minimum Gasteiger partial charge on any atom is -0.355 e. The zero-order valence-corrected chi connectivity index (χ0v) is 16.7. The Balaban J connectivity index is 1.61. The molecule has 3 rings (SSSR count). The van der Waals surface area contributed by atoms with Crippen LogP contribution < -0.4 is 10.2 Å². The van der Waals surface area contributed by atoms with Crippen molar-refractivity contribution >= 4 is 40.8 Å². The number of rotatable bonds is 7. The van der Waals surface area contributed by atoms with Crippen LogP contribution in [0.1, 0.15) is 5.56 Å². The molecule has 28 heavy (non-hydrogen) atoms. The van der Waals surface area contributed by atoms with Crippen LogP contribution in [-0.2, 0) is 11.3 Å². The molecule has 3 aromatic rings. The van der Waals surface area contributed by atoms with Gasteiger partial charge in [-0.15, -0.1) is 0 Å². The summed E-state index contributed by atoms with van der Waals surface area (Å²) in [6.45, 7) is 0.670. The van der Waals surface area contributed by atoms with Gasteiger partial charge in [0.2, 0.25) is 5.91 Å². The van der Waals surface area contributed by atoms with Gasteiger partial charge in [-0.2, -0.15) is 0 Å². The number of nitrogens with one attached hydrogen (secondary N) is 1. The number of halogens is 2. The number of benzene rings is 2. The molecular formula is C20H18ClFN4OS. The van der Waals surface area contributed by atoms with Crippen molar-refractivity contribution in [3.63, 3.8) is 0 Å². The Kier molecular flexibility index (Phi) is 6.84. The van der Waals surface area contributed by atoms with E-state index >= 15 is 0 Å². The summed E-state index contributed by atoms with van der Waals surface area (Å²) in [4.78, 5) is 22.7. The van der Waals surface area contributed by atoms with Crippen LogP contribution in [0.2, 0.25) is 5.15 Å². The zero-order chi connectivity index (χ0) is 19.9. The van der Waals surface area contributed by atoms with Gasteiger partial charge in [0.05, 0.1) is 5.75 Å². The van der Waals surface area contributed by atoms with Crippen molar-refractivity contribution in [1.29, 1.82) is 0 Å². The first-order valence-electron chi connectivity index (χ1n) is 8.47. The van der Waals surface area contributed by atoms with Gasteiger partial charge in [-0.1, -0.05) is 53.7 Å². The Morgan fingerprint density at radius 2 is 1.86 bits per heavy atom. The summed E-state index contributed by atoms with van der Waals surface area (Å²) in [7, 11) is 1.92. The molecule has 144 valence electrons. The quantitative estimate of drug-likeness (QED) is 0.345. The summed E-state index contributed by atoms with van der Waals surface area (Å²) >= 11 is 7.31. The third-order valence-electron chi connectivity index (χ3n) is 3.77. The molecule has 1 N–H and O–H groups in total. The third kappa shape index (κ3) is 5.94. The minimum absolute atomic E-state index is 0.111. The highest BCUT2D eigenvalue weighted by atomic mass is 35.5. The lowest BCUT2D eigenvalue weighted by Crippen LogP contribution is -2.18. The van der Waals surface area contributed by atoms with Crippen LogP contribution in [0.5, 0.6) is 0 Å². The average molecular weight is 417 g/mol. The molecule has 0 aliphatic heterocycles. The standard InChI is InChI=1S/C20H18ClFN4OS/c1-26(12-14-5-3-2-4-6-14)18-11-17(21)24-20(25-18)28-13-19(27)23-16-9-7-15(22)8-10-16/h2-11H,12-13H2,1H3,(H,23,27). The average Bonchev–Trinajstić information content (AvgIpc) is 2.68. The number of thioether (sulfide) groups is 1. The Bertz CT molecular complexity index is 941. The molecule has 1 aromatic heterocycles. The molecule has 8 heteroatoms. The predicted molar refractivity (Wildman–Crippen MR) is 111 cm³/mol. The second kappa shape index (κ2) is 9.52. The van der Waals surface area contributed by atoms with E-state index in [9.17, 15) is 9.18 Å². The van der Waals surface area contributed by atoms with Gasteiger partial charge in [0.25, 0.3) is 0 Å². The summed E-state index contributed by atoms with van der Waals surface area (Å²) in [5, 5.41) is 3.42. The van der Waals surface area contributed by atoms with Crippen molar-refractivity contribution in [2.45, 2.75) is 11.7 Å². The first-order valence-corrected chi connectivity index (χ1v) is 9.84. The van der Waals surface area contributed by atoms with Crippen LogP contribution in [0.3, 0.4) is 0 Å². The predicted octanol–water partition coefficient (Wildman–Crippen LogP) is 4.64. The van der Waals surface area contributed by atoms with Crippen LogP contribution in [0.4, 0.5) is 15.9 Å². The van der Waals surface area contributed by atoms with Crippen molar-refractivity contribution in [3.05, 3.63) is 77.2 Å². The van der Waals surface area contributed by atoms with Crippen LogP contribution in [0.15, 0.2) is 65.8 Å². The molecule has 0 unspecified atom stereocenters. The number of anilines is 2. The van der Waals surface area contributed by atoms with Gasteiger partial charge in [-0.25, -0.2) is 14.4 Å². The van der Waals surface area contributed by atoms with E-state index in [1.54, 1.807) is 6.07 Å². The number of carbonyl (C=O) groups excluding carboxylic acids is 1. The van der Waals surface area contributed by atoms with Crippen LogP contribution in [0.25, 0.3) is 0 Å². The number of nitrogens with zero attached hydrogens (tertiary/aromatic N) is 3. The molecule has 0 spiro atoms. The Morgan fingerprint density at radius 3 is 2.57 bits per heavy atom. The molecule has 0 saturated carbocycles. The highest BCUT2D eigenvalue weighted by Gasteiger charge is 2.11. The third-order valence-corrected chi connectivity index (χ3v) is 4.82. The first-order chi connectivity index (χ1) is 13.5. The van der Waals surface area contributed by atoms with Crippen molar-refractivity contribution in [3.8, 4) is 0 Å². The van der Waals surface area contributed by atoms with Crippen molar-refractivity contribution in [2.75, 3.05) is 23.0 Å². The topological polar surface area (TPSA) is 58.1 Å². The maximum Gasteiger partial charge on any atom is 0.234 e. The molecule has 5 nitrogen and oxygen atoms in total. The Morgan fingerprint density at radius 1 is 1.14 bits per heavy atom. The summed E-state index contributed by atoms with van der Waals surface area (Å²) in [5.74, 6) is 0.191. The Labute approximate surface area is 172 Å². The zero-order valence-electron chi connectivity index (χ0n) is 15.1. The fourth-order valence-electron chi connectivity index (χ4n) is 2.44. The van der Waals surface area contributed by atoms with Crippen LogP contribution in [0, 0.1) is 5.82 Å². The molecule has 0 radical (unpaired) electrons. The molecule has 0 atom stereocenters. The van der Waals surface area contributed by atoms with E-state index in [2.05, 4.69) is 15.3 Å². The van der Waals surface area contributed by atoms with Crippen molar-refractivity contribution in [2.24, 2.45) is 0 Å². The van der Waals surface area contributed by atoms with E-state index in [0.29, 0.717) is 28.4 Å². The normalized spacial score (nSPS) is 10.5. The Hall–Kier alpha value is -2.64. The SMILES string of the molecule is CN(Cc1ccccc1)c1cc(Cl)nc(SCC(=O)Nc2ccc(F)cc2)n1. The molecule has 1 amide bonds. The molecule has 0 saturated heterocycles. The van der Waals surface area contributed by atoms with Gasteiger partial charge >= 0.3 is 0 Å². The summed E-state index contributed by atoms with van der Waals surface area (Å²) in [6, 6.07) is 17.3. The van der Waals surface area contributed by atoms with Crippen molar-refractivity contribution < 1.29 is 9.18 Å². The molecule has 0 bridgehead atoms. The van der Waals surface area contributed by atoms with Gasteiger partial charge in [0.1, 0.15) is 16.8 Å². The smallest absolute Gasteiger partial charge is 0.234 e. The highest BCUT2D eigenvalue weighted by molar-refractivity contribution is 7.99. The summed E-state index contributed by atoms with van der Waals surface area (Å²) < 4.78 is 12.9. The minimum atomic E-state index is -0.355. The van der Waals surface area contributed by atoms with Gasteiger partial charge in [-0.3, -0.25) is 4.79 Å². The van der Waals surface area contributed by atoms with Gasteiger partial charge in [0.15, 0.2) is 5.16 Å². The molecular weight excluding hydrogens is 399 g/mol. The lowest BCUT2D eigenvalue weighted by atomic mass is 10.2. The maximum absolute atomic E-state index is 12.9. The number of carbonyl (C=O) groups is 1. The number of amides is 1. The highest BCUT2D eigenvalue weighted by Crippen LogP contribution is 2.22. The fourth-order valence-corrected chi connectivity index (χ4v) is 3.33. The van der Waals surface area contributed by atoms with E-state index in [-0.39, 0.29) is 17.5 Å². The lowest BCUT2D eigenvalue weighted by Gasteiger charge is -2.19. The van der Waals surface area contributed by atoms with Gasteiger partial charge < -0.3 is 10.2 Å². The summed E-state index contributed by atoms with van der Waals surface area (Å²) in [5.41, 5.74) is 1.68. The second-order valence-electron chi connectivity index (χ2n) is 6.02. The largest absolute Gasteiger partial charge is 0.355 e. The van der Waals surface area contributed by atoms with Crippen molar-refractivity contribution in [1.82, 2.24) is 9.97 Å². The monoisotopic (exact) mass is 416 g/mol. The van der Waals surface area contributed by atoms with Gasteiger partial charge in [0, 0.05) is 25.3 Å². The maximum atomic E-state index is 12.9. The van der Waals surface area contributed by atoms with E-state index in [4.69, 9.17) is 11.6 Å². The number of aromatic nitrogens is 2. The lowest BCUT2D eigenvalue weighted by molar-refractivity contribution is -0.113. The fraction of sp³-hybridized carbons (Fsp3) is 0.150. The molecule has 0 aliphatic carbocycles. The van der Waals surface area contributed by atoms with Gasteiger partial charge in [-0.05, 0) is 29.8 Å². The summed E-state index contributed by atoms with van der Waals surface area (Å²) in [6.07, 6.45) is 0. The first kappa shape index (κ1) is 20.1. The van der Waals surface area contributed by atoms with E-state index in [0.717, 1.165) is 5.56 Å². The van der Waals surface area contributed by atoms with E-state index in [1.165, 1.54) is 36.0 Å². The number of hydrogen-bond acceptors (Lipinski definition) is 5. The second-order valence-corrected chi connectivity index (χ2v) is 7.35. The molecule has 1 heterocycles. The van der Waals surface area contributed by atoms with Crippen LogP contribution >= 0.6 is 23.4 Å². The van der Waals surface area contributed by atoms with E-state index < -0.39 is 0 Å².